The van der Waals surface area contributed by atoms with Gasteiger partial charge in [0.2, 0.25) is 0 Å². The number of anilines is 1. The van der Waals surface area contributed by atoms with Crippen LogP contribution in [0.5, 0.6) is 0 Å². The number of allylic oxidation sites excluding steroid dienone is 2. The number of carbonyl (C=O) groups excluding carboxylic acids is 2. The average molecular weight is 316 g/mol. The van der Waals surface area contributed by atoms with Gasteiger partial charge in [0.25, 0.3) is 0 Å². The molecule has 0 amide bonds. The summed E-state index contributed by atoms with van der Waals surface area (Å²) in [6.45, 7) is 0. The first-order valence-electron chi connectivity index (χ1n) is 7.47. The molecule has 0 bridgehead atoms. The minimum absolute atomic E-state index is 0.0221. The molecule has 23 heavy (non-hydrogen) atoms. The van der Waals surface area contributed by atoms with Gasteiger partial charge in [-0.05, 0) is 37.1 Å². The Morgan fingerprint density at radius 1 is 1.26 bits per heavy atom. The van der Waals surface area contributed by atoms with Crippen LogP contribution in [-0.2, 0) is 14.3 Å². The van der Waals surface area contributed by atoms with Gasteiger partial charge in [-0.2, -0.15) is 0 Å². The van der Waals surface area contributed by atoms with Crippen molar-refractivity contribution in [1.82, 2.24) is 0 Å². The van der Waals surface area contributed by atoms with Gasteiger partial charge in [-0.15, -0.1) is 0 Å². The van der Waals surface area contributed by atoms with E-state index in [-0.39, 0.29) is 30.0 Å². The Kier molecular flexibility index (Phi) is 5.51. The summed E-state index contributed by atoms with van der Waals surface area (Å²) in [5, 5.41) is 10.2. The van der Waals surface area contributed by atoms with E-state index in [1.165, 1.54) is 7.11 Å². The van der Waals surface area contributed by atoms with E-state index in [0.29, 0.717) is 36.3 Å². The van der Waals surface area contributed by atoms with Gasteiger partial charge in [0.05, 0.1) is 30.5 Å². The number of nitrogen functional groups attached to an aromatic ring is 1. The molecule has 1 aliphatic rings. The molecule has 6 heteroatoms. The number of nitrogens with two attached hydrogens (primary N) is 1. The Labute approximate surface area is 134 Å². The maximum Gasteiger partial charge on any atom is 0.305 e. The predicted octanol–water partition coefficient (Wildman–Crippen LogP) is 2.86. The largest absolute Gasteiger partial charge is 0.511 e. The lowest BCUT2D eigenvalue weighted by Gasteiger charge is -2.17. The zero-order valence-electron chi connectivity index (χ0n) is 13.0. The molecule has 6 nitrogen and oxygen atoms in total. The molecule has 0 aliphatic heterocycles. The van der Waals surface area contributed by atoms with Crippen LogP contribution in [0.15, 0.2) is 40.6 Å². The number of ketones is 1. The fraction of sp³-hybridized carbons (Fsp3) is 0.353. The highest BCUT2D eigenvalue weighted by Gasteiger charge is 2.25. The molecular weight excluding hydrogens is 296 g/mol. The van der Waals surface area contributed by atoms with E-state index in [1.807, 2.05) is 0 Å². The average Bonchev–Trinajstić information content (AvgIpc) is 2.54. The van der Waals surface area contributed by atoms with Crippen molar-refractivity contribution in [3.8, 4) is 0 Å². The van der Waals surface area contributed by atoms with Gasteiger partial charge in [-0.1, -0.05) is 0 Å². The second-order valence-electron chi connectivity index (χ2n) is 5.32. The van der Waals surface area contributed by atoms with Crippen LogP contribution in [0.2, 0.25) is 0 Å². The number of hydrogen-bond donors (Lipinski definition) is 2. The van der Waals surface area contributed by atoms with Gasteiger partial charge < -0.3 is 15.6 Å². The van der Waals surface area contributed by atoms with Crippen molar-refractivity contribution in [2.45, 2.75) is 32.1 Å². The number of methoxy groups -OCH3 is 1. The molecule has 0 heterocycles. The van der Waals surface area contributed by atoms with E-state index in [0.717, 1.165) is 0 Å². The van der Waals surface area contributed by atoms with Gasteiger partial charge >= 0.3 is 5.97 Å². The van der Waals surface area contributed by atoms with E-state index in [9.17, 15) is 14.7 Å². The first-order valence-corrected chi connectivity index (χ1v) is 7.47. The number of benzene rings is 1. The Hall–Kier alpha value is -2.63. The van der Waals surface area contributed by atoms with Crippen LogP contribution in [0.1, 0.15) is 32.1 Å². The first kappa shape index (κ1) is 16.7. The van der Waals surface area contributed by atoms with Crippen LogP contribution in [0.4, 0.5) is 11.4 Å². The highest BCUT2D eigenvalue weighted by Crippen LogP contribution is 2.25. The van der Waals surface area contributed by atoms with Crippen molar-refractivity contribution in [3.05, 3.63) is 35.6 Å². The normalized spacial score (nSPS) is 18.8. The minimum Gasteiger partial charge on any atom is -0.511 e. The Morgan fingerprint density at radius 3 is 2.61 bits per heavy atom. The number of aliphatic hydroxyl groups is 1. The first-order chi connectivity index (χ1) is 11.0. The number of carbonyl (C=O) groups is 2. The fourth-order valence-corrected chi connectivity index (χ4v) is 2.42. The van der Waals surface area contributed by atoms with Crippen molar-refractivity contribution >= 4 is 28.8 Å². The van der Waals surface area contributed by atoms with E-state index in [1.54, 1.807) is 24.3 Å². The quantitative estimate of drug-likeness (QED) is 0.385. The molecule has 0 saturated heterocycles. The molecule has 1 aliphatic carbocycles. The van der Waals surface area contributed by atoms with Crippen LogP contribution in [-0.4, -0.2) is 29.7 Å². The summed E-state index contributed by atoms with van der Waals surface area (Å²) in [6, 6.07) is 6.96. The molecule has 0 spiro atoms. The van der Waals surface area contributed by atoms with Crippen LogP contribution >= 0.6 is 0 Å². The number of esters is 1. The summed E-state index contributed by atoms with van der Waals surface area (Å²) in [5.74, 6) is -0.681. The molecule has 2 rings (SSSR count). The summed E-state index contributed by atoms with van der Waals surface area (Å²) in [7, 11) is 1.28. The van der Waals surface area contributed by atoms with Crippen LogP contribution < -0.4 is 5.73 Å². The van der Waals surface area contributed by atoms with Gasteiger partial charge in [0, 0.05) is 18.5 Å². The number of hydrogen-bond acceptors (Lipinski definition) is 6. The van der Waals surface area contributed by atoms with Crippen LogP contribution in [0.25, 0.3) is 0 Å². The molecule has 1 aromatic rings. The van der Waals surface area contributed by atoms with Gasteiger partial charge in [-0.3, -0.25) is 14.6 Å². The molecule has 1 aromatic carbocycles. The lowest BCUT2D eigenvalue weighted by molar-refractivity contribution is -0.140. The fourth-order valence-electron chi connectivity index (χ4n) is 2.42. The number of aliphatic hydroxyl groups excluding tert-OH is 1. The third kappa shape index (κ3) is 4.42. The Morgan fingerprint density at radius 2 is 1.96 bits per heavy atom. The number of rotatable bonds is 4. The molecule has 0 unspecified atom stereocenters. The topological polar surface area (TPSA) is 102 Å². The zero-order chi connectivity index (χ0) is 16.8. The van der Waals surface area contributed by atoms with Crippen LogP contribution in [0.3, 0.4) is 0 Å². The summed E-state index contributed by atoms with van der Waals surface area (Å²) in [4.78, 5) is 27.8. The van der Waals surface area contributed by atoms with Crippen molar-refractivity contribution in [3.63, 3.8) is 0 Å². The molecule has 0 radical (unpaired) electrons. The highest BCUT2D eigenvalue weighted by molar-refractivity contribution is 6.24. The smallest absolute Gasteiger partial charge is 0.305 e. The summed E-state index contributed by atoms with van der Waals surface area (Å²) in [5.41, 5.74) is 7.72. The predicted molar refractivity (Wildman–Crippen MR) is 87.7 cm³/mol. The minimum atomic E-state index is -0.433. The molecule has 0 atom stereocenters. The summed E-state index contributed by atoms with van der Waals surface area (Å²) < 4.78 is 4.55. The number of ether oxygens (including phenoxy) is 1. The van der Waals surface area contributed by atoms with E-state index >= 15 is 0 Å². The maximum atomic E-state index is 12.2. The van der Waals surface area contributed by atoms with Gasteiger partial charge in [0.15, 0.2) is 5.78 Å². The summed E-state index contributed by atoms with van der Waals surface area (Å²) >= 11 is 0. The second kappa shape index (κ2) is 7.58. The Bertz CT molecular complexity index is 660. The Balaban J connectivity index is 2.29. The van der Waals surface area contributed by atoms with Gasteiger partial charge in [0.1, 0.15) is 5.76 Å². The van der Waals surface area contributed by atoms with Crippen molar-refractivity contribution in [2.75, 3.05) is 12.8 Å². The molecule has 1 fully saturated rings. The van der Waals surface area contributed by atoms with E-state index < -0.39 is 5.97 Å². The molecule has 3 N–H and O–H groups in total. The third-order valence-electron chi connectivity index (χ3n) is 3.62. The van der Waals surface area contributed by atoms with Crippen LogP contribution in [0, 0.1) is 0 Å². The third-order valence-corrected chi connectivity index (χ3v) is 3.62. The van der Waals surface area contributed by atoms with E-state index in [4.69, 9.17) is 5.73 Å². The van der Waals surface area contributed by atoms with E-state index in [2.05, 4.69) is 9.73 Å². The zero-order valence-corrected chi connectivity index (χ0v) is 13.0. The number of aliphatic imine (C=N–C) groups is 1. The van der Waals surface area contributed by atoms with Crippen molar-refractivity contribution in [2.24, 2.45) is 4.99 Å². The van der Waals surface area contributed by atoms with Gasteiger partial charge in [-0.25, -0.2) is 0 Å². The lowest BCUT2D eigenvalue weighted by Crippen LogP contribution is -2.21. The molecule has 0 aromatic heterocycles. The maximum absolute atomic E-state index is 12.2. The van der Waals surface area contributed by atoms with Crippen molar-refractivity contribution < 1.29 is 19.4 Å². The summed E-state index contributed by atoms with van der Waals surface area (Å²) in [6.07, 6.45) is 1.76. The number of Topliss-reactive ketones (excluding diaryl/α,β-unsaturated/α-hetero) is 1. The SMILES string of the molecule is COC(=O)CC/C(O)=C1\C(=O)CCCC1=Nc1ccc(N)cc1. The highest BCUT2D eigenvalue weighted by atomic mass is 16.5. The second-order valence-corrected chi connectivity index (χ2v) is 5.32. The number of nitrogens with zero attached hydrogens (tertiary/aromatic N) is 1. The molecular formula is C17H20N2O4. The monoisotopic (exact) mass is 316 g/mol. The van der Waals surface area contributed by atoms with Crippen molar-refractivity contribution in [1.29, 1.82) is 0 Å². The lowest BCUT2D eigenvalue weighted by atomic mass is 9.89. The molecule has 1 saturated carbocycles. The molecule has 122 valence electrons. The standard InChI is InChI=1S/C17H20N2O4/c1-23-16(22)10-9-15(21)17-13(3-2-4-14(17)20)19-12-7-5-11(18)6-8-12/h5-8,21H,2-4,9-10,18H2,1H3/b17-15+,19-13?.